The van der Waals surface area contributed by atoms with E-state index in [-0.39, 0.29) is 5.91 Å². The number of hydrogen-bond acceptors (Lipinski definition) is 2. The van der Waals surface area contributed by atoms with Crippen molar-refractivity contribution in [1.82, 2.24) is 10.2 Å². The van der Waals surface area contributed by atoms with Crippen molar-refractivity contribution in [3.05, 3.63) is 42.0 Å². The van der Waals surface area contributed by atoms with Crippen LogP contribution in [0.1, 0.15) is 25.3 Å². The van der Waals surface area contributed by atoms with Gasteiger partial charge in [-0.05, 0) is 30.9 Å². The van der Waals surface area contributed by atoms with Gasteiger partial charge in [-0.1, -0.05) is 30.3 Å². The molecule has 1 aromatic rings. The molecule has 0 unspecified atom stereocenters. The fourth-order valence-electron chi connectivity index (χ4n) is 2.66. The second-order valence-corrected chi connectivity index (χ2v) is 5.72. The molecule has 0 spiro atoms. The van der Waals surface area contributed by atoms with Crippen LogP contribution in [0.2, 0.25) is 0 Å². The van der Waals surface area contributed by atoms with Gasteiger partial charge in [0.15, 0.2) is 0 Å². The van der Waals surface area contributed by atoms with Gasteiger partial charge >= 0.3 is 6.18 Å². The standard InChI is InChI=1S/C17H19F3N2O2/c1-12(13-6-3-2-4-7-13)10-15(23)22-9-5-8-14(22)16(24)21-11-17(18,19)20/h2-4,6-7,10,14H,5,8-9,11H2,1H3,(H,21,24)/b12-10-/t14-/m0/s1. The minimum atomic E-state index is -4.47. The maximum absolute atomic E-state index is 12.4. The highest BCUT2D eigenvalue weighted by Gasteiger charge is 2.35. The highest BCUT2D eigenvalue weighted by Crippen LogP contribution is 2.21. The number of carbonyl (C=O) groups excluding carboxylic acids is 2. The lowest BCUT2D eigenvalue weighted by molar-refractivity contribution is -0.143. The minimum absolute atomic E-state index is 0.360. The molecular weight excluding hydrogens is 321 g/mol. The van der Waals surface area contributed by atoms with E-state index in [2.05, 4.69) is 0 Å². The van der Waals surface area contributed by atoms with E-state index in [0.29, 0.717) is 19.4 Å². The fraction of sp³-hybridized carbons (Fsp3) is 0.412. The average Bonchev–Trinajstić information content (AvgIpc) is 3.02. The third kappa shape index (κ3) is 4.84. The van der Waals surface area contributed by atoms with Crippen LogP contribution in [0.15, 0.2) is 36.4 Å². The summed E-state index contributed by atoms with van der Waals surface area (Å²) in [5, 5.41) is 1.86. The molecule has 4 nitrogen and oxygen atoms in total. The monoisotopic (exact) mass is 340 g/mol. The molecule has 0 aliphatic carbocycles. The molecule has 0 bridgehead atoms. The van der Waals surface area contributed by atoms with Crippen LogP contribution in [0.4, 0.5) is 13.2 Å². The molecule has 1 aliphatic rings. The van der Waals surface area contributed by atoms with Crippen molar-refractivity contribution >= 4 is 17.4 Å². The van der Waals surface area contributed by atoms with Gasteiger partial charge in [0.25, 0.3) is 0 Å². The molecule has 0 saturated carbocycles. The van der Waals surface area contributed by atoms with Crippen molar-refractivity contribution in [3.63, 3.8) is 0 Å². The summed E-state index contributed by atoms with van der Waals surface area (Å²) in [4.78, 5) is 25.7. The molecule has 1 fully saturated rings. The Morgan fingerprint density at radius 1 is 1.29 bits per heavy atom. The van der Waals surface area contributed by atoms with Gasteiger partial charge in [0.2, 0.25) is 11.8 Å². The predicted molar refractivity (Wildman–Crippen MR) is 83.9 cm³/mol. The van der Waals surface area contributed by atoms with Crippen LogP contribution in [0.3, 0.4) is 0 Å². The van der Waals surface area contributed by atoms with E-state index in [0.717, 1.165) is 11.1 Å². The van der Waals surface area contributed by atoms with Crippen molar-refractivity contribution in [2.24, 2.45) is 0 Å². The number of rotatable bonds is 4. The van der Waals surface area contributed by atoms with Crippen molar-refractivity contribution in [2.45, 2.75) is 32.0 Å². The SMILES string of the molecule is C/C(=C/C(=O)N1CCC[C@H]1C(=O)NCC(F)(F)F)c1ccccc1. The van der Waals surface area contributed by atoms with Gasteiger partial charge < -0.3 is 10.2 Å². The maximum atomic E-state index is 12.4. The Balaban J connectivity index is 2.04. The van der Waals surface area contributed by atoms with E-state index >= 15 is 0 Å². The van der Waals surface area contributed by atoms with Crippen LogP contribution in [0.5, 0.6) is 0 Å². The highest BCUT2D eigenvalue weighted by molar-refractivity contribution is 5.98. The first-order chi connectivity index (χ1) is 11.3. The minimum Gasteiger partial charge on any atom is -0.345 e. The Morgan fingerprint density at radius 2 is 1.96 bits per heavy atom. The number of benzene rings is 1. The number of nitrogens with one attached hydrogen (secondary N) is 1. The van der Waals surface area contributed by atoms with Crippen molar-refractivity contribution in [2.75, 3.05) is 13.1 Å². The number of alkyl halides is 3. The predicted octanol–water partition coefficient (Wildman–Crippen LogP) is 2.76. The number of halogens is 3. The van der Waals surface area contributed by atoms with Gasteiger partial charge in [-0.25, -0.2) is 0 Å². The van der Waals surface area contributed by atoms with Gasteiger partial charge in [-0.3, -0.25) is 9.59 Å². The summed E-state index contributed by atoms with van der Waals surface area (Å²) in [7, 11) is 0. The second-order valence-electron chi connectivity index (χ2n) is 5.72. The lowest BCUT2D eigenvalue weighted by Crippen LogP contribution is -2.47. The Kier molecular flexibility index (Phi) is 5.64. The van der Waals surface area contributed by atoms with E-state index in [4.69, 9.17) is 0 Å². The summed E-state index contributed by atoms with van der Waals surface area (Å²) in [6.45, 7) is 0.757. The first-order valence-corrected chi connectivity index (χ1v) is 7.67. The quantitative estimate of drug-likeness (QED) is 0.857. The number of amides is 2. The van der Waals surface area contributed by atoms with E-state index in [1.54, 1.807) is 6.92 Å². The van der Waals surface area contributed by atoms with Crippen molar-refractivity contribution in [1.29, 1.82) is 0 Å². The Hall–Kier alpha value is -2.31. The van der Waals surface area contributed by atoms with Gasteiger partial charge in [-0.2, -0.15) is 13.2 Å². The number of nitrogens with zero attached hydrogens (tertiary/aromatic N) is 1. The average molecular weight is 340 g/mol. The van der Waals surface area contributed by atoms with Crippen LogP contribution < -0.4 is 5.32 Å². The second kappa shape index (κ2) is 7.51. The third-order valence-electron chi connectivity index (χ3n) is 3.87. The molecule has 0 radical (unpaired) electrons. The molecule has 1 aromatic carbocycles. The van der Waals surface area contributed by atoms with Gasteiger partial charge in [0, 0.05) is 12.6 Å². The Labute approximate surface area is 138 Å². The molecular formula is C17H19F3N2O2. The van der Waals surface area contributed by atoms with E-state index in [9.17, 15) is 22.8 Å². The van der Waals surface area contributed by atoms with Gasteiger partial charge in [0.05, 0.1) is 0 Å². The maximum Gasteiger partial charge on any atom is 0.405 e. The van der Waals surface area contributed by atoms with Crippen LogP contribution >= 0.6 is 0 Å². The first kappa shape index (κ1) is 18.0. The van der Waals surface area contributed by atoms with E-state index < -0.39 is 24.7 Å². The summed E-state index contributed by atoms with van der Waals surface area (Å²) >= 11 is 0. The lowest BCUT2D eigenvalue weighted by atomic mass is 10.1. The molecule has 1 aliphatic heterocycles. The van der Waals surface area contributed by atoms with E-state index in [1.165, 1.54) is 11.0 Å². The zero-order valence-corrected chi connectivity index (χ0v) is 13.3. The Morgan fingerprint density at radius 3 is 2.58 bits per heavy atom. The van der Waals surface area contributed by atoms with Crippen molar-refractivity contribution in [3.8, 4) is 0 Å². The van der Waals surface area contributed by atoms with Gasteiger partial charge in [0.1, 0.15) is 12.6 Å². The fourth-order valence-corrected chi connectivity index (χ4v) is 2.66. The number of carbonyl (C=O) groups is 2. The summed E-state index contributed by atoms with van der Waals surface area (Å²) < 4.78 is 36.6. The summed E-state index contributed by atoms with van der Waals surface area (Å²) in [5.41, 5.74) is 1.62. The first-order valence-electron chi connectivity index (χ1n) is 7.67. The molecule has 1 saturated heterocycles. The van der Waals surface area contributed by atoms with Crippen LogP contribution in [0.25, 0.3) is 5.57 Å². The normalized spacial score (nSPS) is 18.6. The summed E-state index contributed by atoms with van der Waals surface area (Å²) in [6.07, 6.45) is -2.08. The smallest absolute Gasteiger partial charge is 0.345 e. The molecule has 2 amide bonds. The zero-order valence-electron chi connectivity index (χ0n) is 13.3. The summed E-state index contributed by atoms with van der Waals surface area (Å²) in [6, 6.07) is 8.42. The molecule has 0 aromatic heterocycles. The Bertz CT molecular complexity index is 626. The molecule has 2 rings (SSSR count). The molecule has 130 valence electrons. The number of likely N-dealkylation sites (tertiary alicyclic amines) is 1. The molecule has 1 heterocycles. The number of allylic oxidation sites excluding steroid dienone is 1. The molecule has 24 heavy (non-hydrogen) atoms. The summed E-state index contributed by atoms with van der Waals surface area (Å²) in [5.74, 6) is -1.12. The molecule has 7 heteroatoms. The highest BCUT2D eigenvalue weighted by atomic mass is 19.4. The lowest BCUT2D eigenvalue weighted by Gasteiger charge is -2.23. The number of hydrogen-bond donors (Lipinski definition) is 1. The largest absolute Gasteiger partial charge is 0.405 e. The van der Waals surface area contributed by atoms with Crippen molar-refractivity contribution < 1.29 is 22.8 Å². The van der Waals surface area contributed by atoms with Gasteiger partial charge in [-0.15, -0.1) is 0 Å². The van der Waals surface area contributed by atoms with E-state index in [1.807, 2.05) is 35.6 Å². The molecule has 1 atom stereocenters. The zero-order chi connectivity index (χ0) is 17.7. The topological polar surface area (TPSA) is 49.4 Å². The molecule has 1 N–H and O–H groups in total. The van der Waals surface area contributed by atoms with Crippen LogP contribution in [0, 0.1) is 0 Å². The third-order valence-corrected chi connectivity index (χ3v) is 3.87. The van der Waals surface area contributed by atoms with Crippen LogP contribution in [-0.4, -0.2) is 42.0 Å². The van der Waals surface area contributed by atoms with Crippen LogP contribution in [-0.2, 0) is 9.59 Å².